The lowest BCUT2D eigenvalue weighted by molar-refractivity contribution is 0.462. The van der Waals surface area contributed by atoms with Gasteiger partial charge in [0, 0.05) is 13.5 Å². The van der Waals surface area contributed by atoms with Crippen molar-refractivity contribution in [3.63, 3.8) is 0 Å². The summed E-state index contributed by atoms with van der Waals surface area (Å²) in [6, 6.07) is 8.03. The van der Waals surface area contributed by atoms with E-state index >= 15 is 0 Å². The molecule has 2 nitrogen and oxygen atoms in total. The summed E-state index contributed by atoms with van der Waals surface area (Å²) in [5.74, 6) is 0.652. The molecule has 0 aromatic heterocycles. The minimum Gasteiger partial charge on any atom is -0.451 e. The molecule has 0 N–H and O–H groups in total. The first kappa shape index (κ1) is 11.2. The molecular weight excluding hydrogens is 186 g/mol. The van der Waals surface area contributed by atoms with E-state index in [1.54, 1.807) is 7.05 Å². The molecule has 0 aliphatic heterocycles. The van der Waals surface area contributed by atoms with E-state index in [-0.39, 0.29) is 0 Å². The van der Waals surface area contributed by atoms with Crippen molar-refractivity contribution in [3.8, 4) is 0 Å². The van der Waals surface area contributed by atoms with Gasteiger partial charge in [0.2, 0.25) is 0 Å². The molecule has 0 saturated carbocycles. The SMILES string of the molecule is C=COC(Cc1ccccc1C=C)=NC. The van der Waals surface area contributed by atoms with Crippen LogP contribution in [0.4, 0.5) is 0 Å². The zero-order valence-corrected chi connectivity index (χ0v) is 8.94. The summed E-state index contributed by atoms with van der Waals surface area (Å²) in [5, 5.41) is 0. The average molecular weight is 201 g/mol. The van der Waals surface area contributed by atoms with Crippen LogP contribution in [0.1, 0.15) is 11.1 Å². The van der Waals surface area contributed by atoms with Gasteiger partial charge >= 0.3 is 0 Å². The van der Waals surface area contributed by atoms with E-state index in [0.717, 1.165) is 11.1 Å². The second-order valence-corrected chi connectivity index (χ2v) is 2.98. The smallest absolute Gasteiger partial charge is 0.193 e. The Morgan fingerprint density at radius 3 is 2.73 bits per heavy atom. The average Bonchev–Trinajstić information content (AvgIpc) is 2.29. The van der Waals surface area contributed by atoms with E-state index in [4.69, 9.17) is 4.74 Å². The topological polar surface area (TPSA) is 21.6 Å². The van der Waals surface area contributed by atoms with Crippen molar-refractivity contribution in [2.75, 3.05) is 7.05 Å². The number of ether oxygens (including phenoxy) is 1. The zero-order valence-electron chi connectivity index (χ0n) is 8.94. The monoisotopic (exact) mass is 201 g/mol. The molecular formula is C13H15NO. The van der Waals surface area contributed by atoms with Crippen molar-refractivity contribution in [1.82, 2.24) is 0 Å². The molecule has 0 aliphatic carbocycles. The number of rotatable bonds is 4. The van der Waals surface area contributed by atoms with Crippen LogP contribution in [-0.2, 0) is 11.2 Å². The minimum absolute atomic E-state index is 0.652. The van der Waals surface area contributed by atoms with Crippen LogP contribution in [0.2, 0.25) is 0 Å². The Hall–Kier alpha value is -1.83. The van der Waals surface area contributed by atoms with Gasteiger partial charge in [-0.3, -0.25) is 4.99 Å². The van der Waals surface area contributed by atoms with Crippen LogP contribution in [0.15, 0.2) is 48.7 Å². The Morgan fingerprint density at radius 1 is 1.40 bits per heavy atom. The molecule has 0 aliphatic rings. The minimum atomic E-state index is 0.652. The Bertz CT molecular complexity index is 380. The first-order chi connectivity index (χ1) is 7.31. The molecule has 15 heavy (non-hydrogen) atoms. The fourth-order valence-corrected chi connectivity index (χ4v) is 1.33. The molecule has 0 spiro atoms. The first-order valence-corrected chi connectivity index (χ1v) is 4.75. The van der Waals surface area contributed by atoms with Crippen molar-refractivity contribution in [2.24, 2.45) is 4.99 Å². The molecule has 1 rings (SSSR count). The number of hydrogen-bond acceptors (Lipinski definition) is 2. The lowest BCUT2D eigenvalue weighted by Gasteiger charge is -2.07. The van der Waals surface area contributed by atoms with Gasteiger partial charge in [0.05, 0.1) is 6.26 Å². The maximum Gasteiger partial charge on any atom is 0.193 e. The maximum absolute atomic E-state index is 5.17. The van der Waals surface area contributed by atoms with E-state index < -0.39 is 0 Å². The maximum atomic E-state index is 5.17. The summed E-state index contributed by atoms with van der Waals surface area (Å²) >= 11 is 0. The Kier molecular flexibility index (Phi) is 4.35. The predicted octanol–water partition coefficient (Wildman–Crippen LogP) is 3.06. The molecule has 0 fully saturated rings. The van der Waals surface area contributed by atoms with Gasteiger partial charge in [0.25, 0.3) is 0 Å². The Balaban J connectivity index is 2.87. The second kappa shape index (κ2) is 5.81. The van der Waals surface area contributed by atoms with Crippen molar-refractivity contribution < 1.29 is 4.74 Å². The fourth-order valence-electron chi connectivity index (χ4n) is 1.33. The summed E-state index contributed by atoms with van der Waals surface area (Å²) in [4.78, 5) is 4.04. The van der Waals surface area contributed by atoms with Crippen LogP contribution in [-0.4, -0.2) is 12.9 Å². The van der Waals surface area contributed by atoms with Gasteiger partial charge in [-0.2, -0.15) is 0 Å². The number of aliphatic imine (C=N–C) groups is 1. The molecule has 0 saturated heterocycles. The standard InChI is InChI=1S/C13H15NO/c1-4-11-8-6-7-9-12(11)10-13(14-3)15-5-2/h4-9H,1-2,10H2,3H3. The summed E-state index contributed by atoms with van der Waals surface area (Å²) in [6.07, 6.45) is 3.88. The van der Waals surface area contributed by atoms with Gasteiger partial charge in [0.15, 0.2) is 5.90 Å². The highest BCUT2D eigenvalue weighted by molar-refractivity contribution is 5.80. The van der Waals surface area contributed by atoms with Crippen molar-refractivity contribution >= 4 is 12.0 Å². The summed E-state index contributed by atoms with van der Waals surface area (Å²) in [7, 11) is 1.70. The molecule has 1 aromatic carbocycles. The lowest BCUT2D eigenvalue weighted by Crippen LogP contribution is -2.05. The third-order valence-corrected chi connectivity index (χ3v) is 2.09. The van der Waals surface area contributed by atoms with Crippen LogP contribution in [0, 0.1) is 0 Å². The molecule has 0 atom stereocenters. The Labute approximate surface area is 90.6 Å². The van der Waals surface area contributed by atoms with Crippen LogP contribution in [0.25, 0.3) is 6.08 Å². The van der Waals surface area contributed by atoms with Gasteiger partial charge < -0.3 is 4.74 Å². The lowest BCUT2D eigenvalue weighted by atomic mass is 10.0. The van der Waals surface area contributed by atoms with Gasteiger partial charge in [0.1, 0.15) is 0 Å². The summed E-state index contributed by atoms with van der Waals surface area (Å²) in [6.45, 7) is 7.28. The first-order valence-electron chi connectivity index (χ1n) is 4.75. The van der Waals surface area contributed by atoms with Gasteiger partial charge in [-0.25, -0.2) is 0 Å². The molecule has 0 radical (unpaired) electrons. The van der Waals surface area contributed by atoms with Crippen LogP contribution in [0.5, 0.6) is 0 Å². The predicted molar refractivity (Wildman–Crippen MR) is 64.9 cm³/mol. The summed E-state index contributed by atoms with van der Waals surface area (Å²) < 4.78 is 5.17. The van der Waals surface area contributed by atoms with E-state index in [1.165, 1.54) is 6.26 Å². The molecule has 0 amide bonds. The Morgan fingerprint density at radius 2 is 2.13 bits per heavy atom. The van der Waals surface area contributed by atoms with Gasteiger partial charge in [-0.05, 0) is 11.1 Å². The normalized spacial score (nSPS) is 10.9. The van der Waals surface area contributed by atoms with E-state index in [9.17, 15) is 0 Å². The van der Waals surface area contributed by atoms with Crippen LogP contribution < -0.4 is 0 Å². The third-order valence-electron chi connectivity index (χ3n) is 2.09. The van der Waals surface area contributed by atoms with Crippen molar-refractivity contribution in [3.05, 3.63) is 54.8 Å². The molecule has 78 valence electrons. The van der Waals surface area contributed by atoms with Gasteiger partial charge in [-0.1, -0.05) is 43.5 Å². The largest absolute Gasteiger partial charge is 0.451 e. The second-order valence-electron chi connectivity index (χ2n) is 2.98. The number of hydrogen-bond donors (Lipinski definition) is 0. The molecule has 0 heterocycles. The van der Waals surface area contributed by atoms with Gasteiger partial charge in [-0.15, -0.1) is 0 Å². The van der Waals surface area contributed by atoms with Crippen molar-refractivity contribution in [2.45, 2.75) is 6.42 Å². The number of benzene rings is 1. The molecule has 1 aromatic rings. The fraction of sp³-hybridized carbons (Fsp3) is 0.154. The van der Waals surface area contributed by atoms with Crippen LogP contribution >= 0.6 is 0 Å². The molecule has 0 unspecified atom stereocenters. The zero-order chi connectivity index (χ0) is 11.1. The highest BCUT2D eigenvalue weighted by Gasteiger charge is 2.03. The van der Waals surface area contributed by atoms with Crippen molar-refractivity contribution in [1.29, 1.82) is 0 Å². The molecule has 0 bridgehead atoms. The quantitative estimate of drug-likeness (QED) is 0.417. The van der Waals surface area contributed by atoms with E-state index in [0.29, 0.717) is 12.3 Å². The molecule has 2 heteroatoms. The summed E-state index contributed by atoms with van der Waals surface area (Å²) in [5.41, 5.74) is 2.25. The third kappa shape index (κ3) is 3.09. The highest BCUT2D eigenvalue weighted by Crippen LogP contribution is 2.11. The van der Waals surface area contributed by atoms with Crippen LogP contribution in [0.3, 0.4) is 0 Å². The number of nitrogens with zero attached hydrogens (tertiary/aromatic N) is 1. The van der Waals surface area contributed by atoms with E-state index in [2.05, 4.69) is 18.2 Å². The highest BCUT2D eigenvalue weighted by atomic mass is 16.5. The van der Waals surface area contributed by atoms with E-state index in [1.807, 2.05) is 30.3 Å².